The van der Waals surface area contributed by atoms with E-state index in [9.17, 15) is 9.59 Å². The van der Waals surface area contributed by atoms with Gasteiger partial charge < -0.3 is 9.80 Å². The second-order valence-electron chi connectivity index (χ2n) is 6.33. The SMILES string of the molecule is O=C(/C=C/c1cccs1)N1CCC(C(=O)N2CCCCC2)CC1. The van der Waals surface area contributed by atoms with Crippen LogP contribution >= 0.6 is 11.3 Å². The van der Waals surface area contributed by atoms with Crippen LogP contribution in [0.25, 0.3) is 6.08 Å². The fraction of sp³-hybridized carbons (Fsp3) is 0.556. The van der Waals surface area contributed by atoms with Crippen LogP contribution in [-0.4, -0.2) is 47.8 Å². The summed E-state index contributed by atoms with van der Waals surface area (Å²) in [5, 5.41) is 2.00. The summed E-state index contributed by atoms with van der Waals surface area (Å²) in [7, 11) is 0. The van der Waals surface area contributed by atoms with Gasteiger partial charge in [0.05, 0.1) is 0 Å². The van der Waals surface area contributed by atoms with Crippen molar-refractivity contribution in [2.24, 2.45) is 5.92 Å². The van der Waals surface area contributed by atoms with Crippen molar-refractivity contribution in [2.75, 3.05) is 26.2 Å². The number of carbonyl (C=O) groups is 2. The van der Waals surface area contributed by atoms with E-state index in [0.29, 0.717) is 19.0 Å². The molecule has 23 heavy (non-hydrogen) atoms. The van der Waals surface area contributed by atoms with Crippen LogP contribution in [0.1, 0.15) is 37.0 Å². The highest BCUT2D eigenvalue weighted by Gasteiger charge is 2.30. The molecule has 0 aliphatic carbocycles. The summed E-state index contributed by atoms with van der Waals surface area (Å²) < 4.78 is 0. The Morgan fingerprint density at radius 3 is 2.43 bits per heavy atom. The molecule has 2 aliphatic rings. The van der Waals surface area contributed by atoms with Gasteiger partial charge in [0.25, 0.3) is 0 Å². The second kappa shape index (κ2) is 7.77. The second-order valence-corrected chi connectivity index (χ2v) is 7.31. The van der Waals surface area contributed by atoms with Crippen LogP contribution in [-0.2, 0) is 9.59 Å². The highest BCUT2D eigenvalue weighted by Crippen LogP contribution is 2.22. The minimum Gasteiger partial charge on any atom is -0.342 e. The zero-order chi connectivity index (χ0) is 16.1. The van der Waals surface area contributed by atoms with Crippen molar-refractivity contribution in [3.8, 4) is 0 Å². The molecule has 5 heteroatoms. The van der Waals surface area contributed by atoms with Crippen molar-refractivity contribution in [2.45, 2.75) is 32.1 Å². The van der Waals surface area contributed by atoms with Gasteiger partial charge in [-0.3, -0.25) is 9.59 Å². The molecule has 0 radical (unpaired) electrons. The fourth-order valence-electron chi connectivity index (χ4n) is 3.36. The Balaban J connectivity index is 1.47. The molecular formula is C18H24N2O2S. The van der Waals surface area contributed by atoms with Gasteiger partial charge in [0.2, 0.25) is 11.8 Å². The van der Waals surface area contributed by atoms with Crippen molar-refractivity contribution >= 4 is 29.2 Å². The van der Waals surface area contributed by atoms with Gasteiger partial charge in [0.1, 0.15) is 0 Å². The first kappa shape index (κ1) is 16.2. The maximum atomic E-state index is 12.5. The fourth-order valence-corrected chi connectivity index (χ4v) is 3.98. The number of likely N-dealkylation sites (tertiary alicyclic amines) is 2. The molecule has 0 spiro atoms. The third kappa shape index (κ3) is 4.22. The van der Waals surface area contributed by atoms with E-state index in [1.807, 2.05) is 33.4 Å². The number of piperidine rings is 2. The zero-order valence-electron chi connectivity index (χ0n) is 13.4. The van der Waals surface area contributed by atoms with Gasteiger partial charge in [-0.2, -0.15) is 0 Å². The highest BCUT2D eigenvalue weighted by molar-refractivity contribution is 7.10. The van der Waals surface area contributed by atoms with Crippen LogP contribution < -0.4 is 0 Å². The van der Waals surface area contributed by atoms with Crippen LogP contribution in [0.4, 0.5) is 0 Å². The predicted octanol–water partition coefficient (Wildman–Crippen LogP) is 3.01. The summed E-state index contributed by atoms with van der Waals surface area (Å²) in [6.07, 6.45) is 8.64. The molecule has 0 unspecified atom stereocenters. The normalized spacial score (nSPS) is 20.2. The van der Waals surface area contributed by atoms with Crippen molar-refractivity contribution in [1.82, 2.24) is 9.80 Å². The maximum Gasteiger partial charge on any atom is 0.246 e. The molecule has 1 aromatic rings. The van der Waals surface area contributed by atoms with E-state index in [0.717, 1.165) is 43.6 Å². The van der Waals surface area contributed by atoms with Gasteiger partial charge in [0.15, 0.2) is 0 Å². The Labute approximate surface area is 141 Å². The lowest BCUT2D eigenvalue weighted by atomic mass is 9.94. The first-order valence-electron chi connectivity index (χ1n) is 8.53. The van der Waals surface area contributed by atoms with Crippen molar-refractivity contribution in [3.05, 3.63) is 28.5 Å². The van der Waals surface area contributed by atoms with Crippen molar-refractivity contribution < 1.29 is 9.59 Å². The van der Waals surface area contributed by atoms with E-state index in [2.05, 4.69) is 0 Å². The number of rotatable bonds is 3. The number of hydrogen-bond acceptors (Lipinski definition) is 3. The highest BCUT2D eigenvalue weighted by atomic mass is 32.1. The third-order valence-electron chi connectivity index (χ3n) is 4.76. The first-order chi connectivity index (χ1) is 11.2. The molecule has 0 saturated carbocycles. The first-order valence-corrected chi connectivity index (χ1v) is 9.41. The molecule has 2 saturated heterocycles. The minimum absolute atomic E-state index is 0.0577. The van der Waals surface area contributed by atoms with Crippen LogP contribution in [0.2, 0.25) is 0 Å². The average molecular weight is 332 g/mol. The molecule has 1 aromatic heterocycles. The minimum atomic E-state index is 0.0577. The van der Waals surface area contributed by atoms with Crippen molar-refractivity contribution in [3.63, 3.8) is 0 Å². The Kier molecular flexibility index (Phi) is 5.49. The molecule has 2 aliphatic heterocycles. The predicted molar refractivity (Wildman–Crippen MR) is 93.1 cm³/mol. The summed E-state index contributed by atoms with van der Waals surface area (Å²) in [5.74, 6) is 0.478. The molecule has 3 heterocycles. The molecule has 0 aromatic carbocycles. The lowest BCUT2D eigenvalue weighted by Gasteiger charge is -2.35. The molecule has 0 N–H and O–H groups in total. The molecule has 2 amide bonds. The maximum absolute atomic E-state index is 12.5. The summed E-state index contributed by atoms with van der Waals surface area (Å²) in [5.41, 5.74) is 0. The van der Waals surface area contributed by atoms with Crippen LogP contribution in [0.15, 0.2) is 23.6 Å². The number of amides is 2. The monoisotopic (exact) mass is 332 g/mol. The van der Waals surface area contributed by atoms with Gasteiger partial charge in [-0.25, -0.2) is 0 Å². The summed E-state index contributed by atoms with van der Waals surface area (Å²) in [6.45, 7) is 3.22. The van der Waals surface area contributed by atoms with Crippen LogP contribution in [0.3, 0.4) is 0 Å². The zero-order valence-corrected chi connectivity index (χ0v) is 14.3. The Hall–Kier alpha value is -1.62. The van der Waals surface area contributed by atoms with E-state index in [1.54, 1.807) is 17.4 Å². The molecule has 0 bridgehead atoms. The summed E-state index contributed by atoms with van der Waals surface area (Å²) in [6, 6.07) is 3.98. The largest absolute Gasteiger partial charge is 0.342 e. The smallest absolute Gasteiger partial charge is 0.246 e. The van der Waals surface area contributed by atoms with Gasteiger partial charge in [-0.15, -0.1) is 11.3 Å². The summed E-state index contributed by atoms with van der Waals surface area (Å²) >= 11 is 1.62. The van der Waals surface area contributed by atoms with E-state index in [-0.39, 0.29) is 11.8 Å². The average Bonchev–Trinajstić information content (AvgIpc) is 3.13. The molecule has 4 nitrogen and oxygen atoms in total. The Morgan fingerprint density at radius 2 is 1.78 bits per heavy atom. The number of hydrogen-bond donors (Lipinski definition) is 0. The molecular weight excluding hydrogens is 308 g/mol. The number of carbonyl (C=O) groups excluding carboxylic acids is 2. The number of nitrogens with zero attached hydrogens (tertiary/aromatic N) is 2. The van der Waals surface area contributed by atoms with Crippen LogP contribution in [0.5, 0.6) is 0 Å². The Bertz CT molecular complexity index is 554. The topological polar surface area (TPSA) is 40.6 Å². The lowest BCUT2D eigenvalue weighted by molar-refractivity contribution is -0.140. The van der Waals surface area contributed by atoms with E-state index in [1.165, 1.54) is 6.42 Å². The summed E-state index contributed by atoms with van der Waals surface area (Å²) in [4.78, 5) is 29.7. The van der Waals surface area contributed by atoms with E-state index < -0.39 is 0 Å². The van der Waals surface area contributed by atoms with Gasteiger partial charge in [0, 0.05) is 43.1 Å². The molecule has 2 fully saturated rings. The standard InChI is InChI=1S/C18H24N2O2S/c21-17(7-6-16-5-4-14-23-16)19-12-8-15(9-13-19)18(22)20-10-2-1-3-11-20/h4-7,14-15H,1-3,8-13H2/b7-6+. The van der Waals surface area contributed by atoms with Gasteiger partial charge >= 0.3 is 0 Å². The van der Waals surface area contributed by atoms with E-state index in [4.69, 9.17) is 0 Å². The van der Waals surface area contributed by atoms with Crippen LogP contribution in [0, 0.1) is 5.92 Å². The van der Waals surface area contributed by atoms with Gasteiger partial charge in [-0.1, -0.05) is 6.07 Å². The third-order valence-corrected chi connectivity index (χ3v) is 5.59. The van der Waals surface area contributed by atoms with Crippen molar-refractivity contribution in [1.29, 1.82) is 0 Å². The molecule has 3 rings (SSSR count). The molecule has 0 atom stereocenters. The van der Waals surface area contributed by atoms with E-state index >= 15 is 0 Å². The quantitative estimate of drug-likeness (QED) is 0.798. The van der Waals surface area contributed by atoms with Gasteiger partial charge in [-0.05, 0) is 49.6 Å². The molecule has 124 valence electrons. The Morgan fingerprint density at radius 1 is 1.04 bits per heavy atom. The number of thiophene rings is 1. The lowest BCUT2D eigenvalue weighted by Crippen LogP contribution is -2.45.